The number of piperidine rings is 1. The Morgan fingerprint density at radius 3 is 2.67 bits per heavy atom. The van der Waals surface area contributed by atoms with Gasteiger partial charge in [-0.15, -0.1) is 11.3 Å². The van der Waals surface area contributed by atoms with Crippen LogP contribution in [0.5, 0.6) is 0 Å². The van der Waals surface area contributed by atoms with Gasteiger partial charge >= 0.3 is 5.97 Å². The van der Waals surface area contributed by atoms with Gasteiger partial charge in [0, 0.05) is 20.2 Å². The summed E-state index contributed by atoms with van der Waals surface area (Å²) in [5, 5.41) is 10.2. The van der Waals surface area contributed by atoms with Gasteiger partial charge in [-0.1, -0.05) is 18.2 Å². The number of methoxy groups -OCH3 is 1. The maximum absolute atomic E-state index is 12.8. The first kappa shape index (κ1) is 19.5. The number of carbonyl (C=O) groups excluding carboxylic acids is 1. The van der Waals surface area contributed by atoms with Crippen molar-refractivity contribution < 1.29 is 19.4 Å². The maximum Gasteiger partial charge on any atom is 0.335 e. The average Bonchev–Trinajstić information content (AvgIpc) is 3.02. The van der Waals surface area contributed by atoms with Gasteiger partial charge in [0.05, 0.1) is 17.9 Å². The quantitative estimate of drug-likeness (QED) is 0.820. The molecule has 0 aliphatic carbocycles. The fourth-order valence-corrected chi connectivity index (χ4v) is 4.54. The molecular formula is C20H24N2O4S. The van der Waals surface area contributed by atoms with E-state index in [4.69, 9.17) is 4.74 Å². The molecule has 0 atom stereocenters. The van der Waals surface area contributed by atoms with Crippen molar-refractivity contribution in [3.63, 3.8) is 0 Å². The van der Waals surface area contributed by atoms with Crippen molar-refractivity contribution in [2.45, 2.75) is 32.8 Å². The maximum atomic E-state index is 12.8. The summed E-state index contributed by atoms with van der Waals surface area (Å²) < 4.78 is 5.10. The van der Waals surface area contributed by atoms with Crippen LogP contribution in [0, 0.1) is 12.8 Å². The van der Waals surface area contributed by atoms with Gasteiger partial charge < -0.3 is 14.7 Å². The van der Waals surface area contributed by atoms with Crippen molar-refractivity contribution in [2.75, 3.05) is 20.2 Å². The molecule has 0 unspecified atom stereocenters. The minimum Gasteiger partial charge on any atom is -0.478 e. The molecule has 0 radical (unpaired) electrons. The number of likely N-dealkylation sites (tertiary alicyclic amines) is 1. The molecule has 1 fully saturated rings. The Morgan fingerprint density at radius 2 is 2.00 bits per heavy atom. The third-order valence-electron chi connectivity index (χ3n) is 4.96. The van der Waals surface area contributed by atoms with Gasteiger partial charge in [-0.2, -0.15) is 0 Å². The van der Waals surface area contributed by atoms with E-state index in [1.165, 1.54) is 11.3 Å². The Labute approximate surface area is 162 Å². The summed E-state index contributed by atoms with van der Waals surface area (Å²) in [4.78, 5) is 31.2. The first-order valence-electron chi connectivity index (χ1n) is 9.05. The number of aromatic nitrogens is 1. The van der Waals surface area contributed by atoms with Crippen LogP contribution in [0.4, 0.5) is 0 Å². The molecular weight excluding hydrogens is 364 g/mol. The minimum atomic E-state index is -0.884. The lowest BCUT2D eigenvalue weighted by molar-refractivity contribution is 0.0694. The van der Waals surface area contributed by atoms with Crippen molar-refractivity contribution in [3.8, 4) is 0 Å². The van der Waals surface area contributed by atoms with Crippen LogP contribution < -0.4 is 0 Å². The number of carboxylic acid groups (broad SMARTS) is 1. The number of hydrogen-bond acceptors (Lipinski definition) is 5. The highest BCUT2D eigenvalue weighted by Crippen LogP contribution is 2.27. The van der Waals surface area contributed by atoms with E-state index in [2.05, 4.69) is 4.98 Å². The summed E-state index contributed by atoms with van der Waals surface area (Å²) in [5.41, 5.74) is 2.01. The third-order valence-corrected chi connectivity index (χ3v) is 6.08. The topological polar surface area (TPSA) is 79.7 Å². The van der Waals surface area contributed by atoms with E-state index in [1.54, 1.807) is 19.2 Å². The largest absolute Gasteiger partial charge is 0.478 e. The molecule has 1 aromatic heterocycles. The number of aromatic carboxylic acids is 1. The molecule has 27 heavy (non-hydrogen) atoms. The Hall–Kier alpha value is -2.25. The van der Waals surface area contributed by atoms with Gasteiger partial charge in [0.15, 0.2) is 0 Å². The van der Waals surface area contributed by atoms with Crippen LogP contribution >= 0.6 is 11.3 Å². The van der Waals surface area contributed by atoms with Crippen LogP contribution in [0.2, 0.25) is 0 Å². The van der Waals surface area contributed by atoms with Crippen LogP contribution in [-0.4, -0.2) is 47.1 Å². The van der Waals surface area contributed by atoms with Gasteiger partial charge in [-0.25, -0.2) is 9.78 Å². The number of ether oxygens (including phenoxy) is 1. The second-order valence-corrected chi connectivity index (χ2v) is 7.94. The van der Waals surface area contributed by atoms with Gasteiger partial charge in [-0.05, 0) is 43.7 Å². The molecule has 1 saturated heterocycles. The fraction of sp³-hybridized carbons (Fsp3) is 0.450. The zero-order valence-electron chi connectivity index (χ0n) is 15.6. The lowest BCUT2D eigenvalue weighted by Crippen LogP contribution is -2.38. The van der Waals surface area contributed by atoms with E-state index in [0.717, 1.165) is 35.5 Å². The van der Waals surface area contributed by atoms with E-state index in [0.29, 0.717) is 36.1 Å². The van der Waals surface area contributed by atoms with Crippen molar-refractivity contribution >= 4 is 23.2 Å². The van der Waals surface area contributed by atoms with Gasteiger partial charge in [0.1, 0.15) is 9.88 Å². The molecule has 2 aromatic rings. The lowest BCUT2D eigenvalue weighted by atomic mass is 9.88. The van der Waals surface area contributed by atoms with Crippen molar-refractivity contribution in [3.05, 3.63) is 51.0 Å². The molecule has 7 heteroatoms. The molecule has 0 spiro atoms. The van der Waals surface area contributed by atoms with E-state index >= 15 is 0 Å². The highest BCUT2D eigenvalue weighted by atomic mass is 32.1. The molecule has 1 aliphatic heterocycles. The molecule has 0 bridgehead atoms. The SMILES string of the molecule is COCc1nc(C)c(C(=O)N2CCC(Cc3ccccc3C(=O)O)CC2)s1. The first-order chi connectivity index (χ1) is 13.0. The third kappa shape index (κ3) is 4.54. The molecule has 0 saturated carbocycles. The highest BCUT2D eigenvalue weighted by molar-refractivity contribution is 7.13. The average molecular weight is 388 g/mol. The van der Waals surface area contributed by atoms with E-state index < -0.39 is 5.97 Å². The van der Waals surface area contributed by atoms with Gasteiger partial charge in [-0.3, -0.25) is 4.79 Å². The molecule has 1 aliphatic rings. The number of carbonyl (C=O) groups is 2. The van der Waals surface area contributed by atoms with Crippen molar-refractivity contribution in [1.29, 1.82) is 0 Å². The summed E-state index contributed by atoms with van der Waals surface area (Å²) in [7, 11) is 1.62. The number of amides is 1. The Balaban J connectivity index is 1.61. The zero-order chi connectivity index (χ0) is 19.4. The predicted octanol–water partition coefficient (Wildman–Crippen LogP) is 3.39. The van der Waals surface area contributed by atoms with Crippen LogP contribution in [0.15, 0.2) is 24.3 Å². The summed E-state index contributed by atoms with van der Waals surface area (Å²) in [5.74, 6) is -0.455. The first-order valence-corrected chi connectivity index (χ1v) is 9.87. The van der Waals surface area contributed by atoms with Crippen molar-refractivity contribution in [2.24, 2.45) is 5.92 Å². The normalized spacial score (nSPS) is 15.1. The summed E-state index contributed by atoms with van der Waals surface area (Å²) >= 11 is 1.40. The molecule has 6 nitrogen and oxygen atoms in total. The fourth-order valence-electron chi connectivity index (χ4n) is 3.54. The monoisotopic (exact) mass is 388 g/mol. The number of aryl methyl sites for hydroxylation is 1. The number of benzene rings is 1. The highest BCUT2D eigenvalue weighted by Gasteiger charge is 2.27. The van der Waals surface area contributed by atoms with Crippen LogP contribution in [0.3, 0.4) is 0 Å². The standard InChI is InChI=1S/C20H24N2O4S/c1-13-18(27-17(21-13)12-26-2)19(23)22-9-7-14(8-10-22)11-15-5-3-4-6-16(15)20(24)25/h3-6,14H,7-12H2,1-2H3,(H,24,25). The van der Waals surface area contributed by atoms with Gasteiger partial charge in [0.25, 0.3) is 5.91 Å². The van der Waals surface area contributed by atoms with Crippen LogP contribution in [0.1, 0.15) is 49.1 Å². The Kier molecular flexibility index (Phi) is 6.23. The smallest absolute Gasteiger partial charge is 0.335 e. The molecule has 3 rings (SSSR count). The van der Waals surface area contributed by atoms with Crippen LogP contribution in [-0.2, 0) is 17.8 Å². The Bertz CT molecular complexity index is 825. The molecule has 1 amide bonds. The van der Waals surface area contributed by atoms with E-state index in [9.17, 15) is 14.7 Å². The minimum absolute atomic E-state index is 0.0386. The van der Waals surface area contributed by atoms with Crippen LogP contribution in [0.25, 0.3) is 0 Å². The summed E-state index contributed by atoms with van der Waals surface area (Å²) in [6.07, 6.45) is 2.49. The lowest BCUT2D eigenvalue weighted by Gasteiger charge is -2.32. The van der Waals surface area contributed by atoms with E-state index in [-0.39, 0.29) is 5.91 Å². The van der Waals surface area contributed by atoms with Crippen molar-refractivity contribution in [1.82, 2.24) is 9.88 Å². The number of hydrogen-bond donors (Lipinski definition) is 1. The summed E-state index contributed by atoms with van der Waals surface area (Å²) in [6, 6.07) is 7.17. The number of rotatable bonds is 6. The number of carboxylic acids is 1. The molecule has 1 N–H and O–H groups in total. The number of thiazole rings is 1. The van der Waals surface area contributed by atoms with Gasteiger partial charge in [0.2, 0.25) is 0 Å². The molecule has 1 aromatic carbocycles. The second-order valence-electron chi connectivity index (χ2n) is 6.86. The van der Waals surface area contributed by atoms with E-state index in [1.807, 2.05) is 24.0 Å². The Morgan fingerprint density at radius 1 is 1.30 bits per heavy atom. The number of nitrogens with zero attached hydrogens (tertiary/aromatic N) is 2. The molecule has 2 heterocycles. The second kappa shape index (κ2) is 8.63. The molecule has 144 valence electrons. The summed E-state index contributed by atoms with van der Waals surface area (Å²) in [6.45, 7) is 3.66. The predicted molar refractivity (Wildman–Crippen MR) is 103 cm³/mol. The zero-order valence-corrected chi connectivity index (χ0v) is 16.4.